The summed E-state index contributed by atoms with van der Waals surface area (Å²) >= 11 is 0. The lowest BCUT2D eigenvalue weighted by Gasteiger charge is -2.37. The molecule has 2 aliphatic rings. The second-order valence-electron chi connectivity index (χ2n) is 5.84. The number of piperidine rings is 2. The first-order chi connectivity index (χ1) is 9.11. The molecule has 0 N–H and O–H groups in total. The number of hydrogen-bond acceptors (Lipinski definition) is 2. The van der Waals surface area contributed by atoms with Crippen molar-refractivity contribution < 1.29 is 9.59 Å². The lowest BCUT2D eigenvalue weighted by molar-refractivity contribution is -0.140. The SMILES string of the molecule is C=CC(=O)N1CCCC(C(=O)N2CCC(C)CC2)C1. The molecule has 2 rings (SSSR count). The Balaban J connectivity index is 1.91. The van der Waals surface area contributed by atoms with Crippen LogP contribution in [0.1, 0.15) is 32.6 Å². The predicted octanol–water partition coefficient (Wildman–Crippen LogP) is 1.67. The summed E-state index contributed by atoms with van der Waals surface area (Å²) in [5, 5.41) is 0. The fourth-order valence-electron chi connectivity index (χ4n) is 3.00. The first kappa shape index (κ1) is 14.1. The molecule has 1 atom stereocenters. The average Bonchev–Trinajstić information content (AvgIpc) is 2.46. The third kappa shape index (κ3) is 3.37. The van der Waals surface area contributed by atoms with Gasteiger partial charge in [-0.15, -0.1) is 0 Å². The van der Waals surface area contributed by atoms with Crippen LogP contribution in [0, 0.1) is 11.8 Å². The number of carbonyl (C=O) groups excluding carboxylic acids is 2. The van der Waals surface area contributed by atoms with E-state index in [-0.39, 0.29) is 17.7 Å². The Bertz CT molecular complexity index is 359. The Labute approximate surface area is 115 Å². The molecular formula is C15H24N2O2. The van der Waals surface area contributed by atoms with Crippen LogP contribution in [-0.2, 0) is 9.59 Å². The maximum atomic E-state index is 12.5. The minimum atomic E-state index is -0.0511. The fourth-order valence-corrected chi connectivity index (χ4v) is 3.00. The van der Waals surface area contributed by atoms with Crippen molar-refractivity contribution in [1.82, 2.24) is 9.80 Å². The molecule has 0 aromatic carbocycles. The van der Waals surface area contributed by atoms with E-state index in [9.17, 15) is 9.59 Å². The summed E-state index contributed by atoms with van der Waals surface area (Å²) < 4.78 is 0. The van der Waals surface area contributed by atoms with Crippen LogP contribution in [0.5, 0.6) is 0 Å². The van der Waals surface area contributed by atoms with Gasteiger partial charge in [-0.25, -0.2) is 0 Å². The van der Waals surface area contributed by atoms with Crippen molar-refractivity contribution in [3.63, 3.8) is 0 Å². The summed E-state index contributed by atoms with van der Waals surface area (Å²) in [6.45, 7) is 8.84. The Kier molecular flexibility index (Phi) is 4.61. The van der Waals surface area contributed by atoms with Crippen LogP contribution >= 0.6 is 0 Å². The van der Waals surface area contributed by atoms with Gasteiger partial charge in [0.05, 0.1) is 5.92 Å². The molecule has 0 saturated carbocycles. The number of rotatable bonds is 2. The zero-order chi connectivity index (χ0) is 13.8. The number of nitrogens with zero attached hydrogens (tertiary/aromatic N) is 2. The molecule has 0 spiro atoms. The lowest BCUT2D eigenvalue weighted by atomic mass is 9.93. The van der Waals surface area contributed by atoms with E-state index in [1.807, 2.05) is 4.90 Å². The van der Waals surface area contributed by atoms with Crippen molar-refractivity contribution in [2.75, 3.05) is 26.2 Å². The van der Waals surface area contributed by atoms with Gasteiger partial charge < -0.3 is 9.80 Å². The van der Waals surface area contributed by atoms with Gasteiger partial charge in [-0.3, -0.25) is 9.59 Å². The molecule has 0 aromatic rings. The van der Waals surface area contributed by atoms with Gasteiger partial charge in [0.1, 0.15) is 0 Å². The van der Waals surface area contributed by atoms with Gasteiger partial charge in [0.25, 0.3) is 0 Å². The molecule has 0 bridgehead atoms. The van der Waals surface area contributed by atoms with E-state index < -0.39 is 0 Å². The Hall–Kier alpha value is -1.32. The minimum absolute atomic E-state index is 0.00828. The molecule has 2 saturated heterocycles. The molecule has 1 unspecified atom stereocenters. The number of carbonyl (C=O) groups is 2. The van der Waals surface area contributed by atoms with E-state index in [1.165, 1.54) is 6.08 Å². The highest BCUT2D eigenvalue weighted by molar-refractivity contribution is 5.88. The predicted molar refractivity (Wildman–Crippen MR) is 74.5 cm³/mol. The van der Waals surface area contributed by atoms with E-state index in [2.05, 4.69) is 13.5 Å². The summed E-state index contributed by atoms with van der Waals surface area (Å²) in [5.74, 6) is 0.915. The van der Waals surface area contributed by atoms with Gasteiger partial charge >= 0.3 is 0 Å². The molecule has 106 valence electrons. The maximum absolute atomic E-state index is 12.5. The summed E-state index contributed by atoms with van der Waals surface area (Å²) in [7, 11) is 0. The monoisotopic (exact) mass is 264 g/mol. The molecule has 2 fully saturated rings. The Morgan fingerprint density at radius 1 is 1.11 bits per heavy atom. The maximum Gasteiger partial charge on any atom is 0.245 e. The molecule has 2 amide bonds. The van der Waals surface area contributed by atoms with Crippen molar-refractivity contribution in [2.45, 2.75) is 32.6 Å². The molecule has 2 aliphatic heterocycles. The van der Waals surface area contributed by atoms with Crippen molar-refractivity contribution in [3.8, 4) is 0 Å². The van der Waals surface area contributed by atoms with Crippen LogP contribution in [0.4, 0.5) is 0 Å². The number of hydrogen-bond donors (Lipinski definition) is 0. The van der Waals surface area contributed by atoms with Crippen LogP contribution in [0.3, 0.4) is 0 Å². The topological polar surface area (TPSA) is 40.6 Å². The van der Waals surface area contributed by atoms with Crippen molar-refractivity contribution in [3.05, 3.63) is 12.7 Å². The first-order valence-electron chi connectivity index (χ1n) is 7.32. The molecule has 19 heavy (non-hydrogen) atoms. The highest BCUT2D eigenvalue weighted by Crippen LogP contribution is 2.23. The van der Waals surface area contributed by atoms with E-state index in [4.69, 9.17) is 0 Å². The van der Waals surface area contributed by atoms with E-state index >= 15 is 0 Å². The van der Waals surface area contributed by atoms with Gasteiger partial charge in [-0.05, 0) is 37.7 Å². The van der Waals surface area contributed by atoms with Crippen molar-refractivity contribution in [1.29, 1.82) is 0 Å². The summed E-state index contributed by atoms with van der Waals surface area (Å²) in [6, 6.07) is 0. The van der Waals surface area contributed by atoms with Gasteiger partial charge in [0.2, 0.25) is 11.8 Å². The van der Waals surface area contributed by atoms with Gasteiger partial charge in [0, 0.05) is 26.2 Å². The Morgan fingerprint density at radius 2 is 1.79 bits per heavy atom. The number of likely N-dealkylation sites (tertiary alicyclic amines) is 2. The highest BCUT2D eigenvalue weighted by atomic mass is 16.2. The quantitative estimate of drug-likeness (QED) is 0.712. The third-order valence-corrected chi connectivity index (χ3v) is 4.35. The van der Waals surface area contributed by atoms with Crippen LogP contribution in [0.15, 0.2) is 12.7 Å². The molecule has 4 heteroatoms. The standard InChI is InChI=1S/C15H24N2O2/c1-3-14(18)17-8-4-5-13(11-17)15(19)16-9-6-12(2)7-10-16/h3,12-13H,1,4-11H2,2H3. The fraction of sp³-hybridized carbons (Fsp3) is 0.733. The van der Waals surface area contributed by atoms with E-state index in [1.54, 1.807) is 4.90 Å². The second kappa shape index (κ2) is 6.22. The van der Waals surface area contributed by atoms with Crippen molar-refractivity contribution in [2.24, 2.45) is 11.8 Å². The van der Waals surface area contributed by atoms with Crippen LogP contribution in [0.2, 0.25) is 0 Å². The Morgan fingerprint density at radius 3 is 2.42 bits per heavy atom. The zero-order valence-electron chi connectivity index (χ0n) is 11.8. The normalized spacial score (nSPS) is 25.2. The minimum Gasteiger partial charge on any atom is -0.342 e. The molecule has 0 radical (unpaired) electrons. The molecular weight excluding hydrogens is 240 g/mol. The van der Waals surface area contributed by atoms with Gasteiger partial charge in [-0.2, -0.15) is 0 Å². The molecule has 4 nitrogen and oxygen atoms in total. The summed E-state index contributed by atoms with van der Waals surface area (Å²) in [6.07, 6.45) is 5.38. The van der Waals surface area contributed by atoms with Crippen LogP contribution in [-0.4, -0.2) is 47.8 Å². The second-order valence-corrected chi connectivity index (χ2v) is 5.84. The smallest absolute Gasteiger partial charge is 0.245 e. The van der Waals surface area contributed by atoms with E-state index in [0.29, 0.717) is 6.54 Å². The molecule has 0 aromatic heterocycles. The lowest BCUT2D eigenvalue weighted by Crippen LogP contribution is -2.48. The summed E-state index contributed by atoms with van der Waals surface area (Å²) in [4.78, 5) is 27.9. The highest BCUT2D eigenvalue weighted by Gasteiger charge is 2.31. The molecule has 2 heterocycles. The van der Waals surface area contributed by atoms with Gasteiger partial charge in [0.15, 0.2) is 0 Å². The average molecular weight is 264 g/mol. The third-order valence-electron chi connectivity index (χ3n) is 4.35. The zero-order valence-corrected chi connectivity index (χ0v) is 11.8. The van der Waals surface area contributed by atoms with Crippen LogP contribution in [0.25, 0.3) is 0 Å². The first-order valence-corrected chi connectivity index (χ1v) is 7.32. The van der Waals surface area contributed by atoms with Gasteiger partial charge in [-0.1, -0.05) is 13.5 Å². The number of amides is 2. The summed E-state index contributed by atoms with van der Waals surface area (Å²) in [5.41, 5.74) is 0. The van der Waals surface area contributed by atoms with E-state index in [0.717, 1.165) is 51.2 Å². The molecule has 0 aliphatic carbocycles. The van der Waals surface area contributed by atoms with Crippen LogP contribution < -0.4 is 0 Å². The van der Waals surface area contributed by atoms with Crippen molar-refractivity contribution >= 4 is 11.8 Å². The largest absolute Gasteiger partial charge is 0.342 e.